The van der Waals surface area contributed by atoms with Crippen LogP contribution in [0.4, 0.5) is 5.82 Å². The summed E-state index contributed by atoms with van der Waals surface area (Å²) in [6.45, 7) is 0. The summed E-state index contributed by atoms with van der Waals surface area (Å²) in [4.78, 5) is 9.61. The second kappa shape index (κ2) is 5.68. The predicted octanol–water partition coefficient (Wildman–Crippen LogP) is 3.59. The van der Waals surface area contributed by atoms with Gasteiger partial charge in [0.2, 0.25) is 0 Å². The standard InChI is InChI=1S/C16H25N3O/c1-17-14-11-13(12-7-3-4-8-12)18-15(19-14)16(20-2)9-5-6-10-16/h11-12H,3-10H2,1-2H3,(H,17,18,19). The highest BCUT2D eigenvalue weighted by Crippen LogP contribution is 2.41. The molecule has 0 radical (unpaired) electrons. The van der Waals surface area contributed by atoms with Crippen LogP contribution in [0.1, 0.15) is 68.8 Å². The van der Waals surface area contributed by atoms with Crippen LogP contribution in [0.2, 0.25) is 0 Å². The van der Waals surface area contributed by atoms with Crippen molar-refractivity contribution in [3.8, 4) is 0 Å². The van der Waals surface area contributed by atoms with Gasteiger partial charge in [-0.2, -0.15) is 0 Å². The fourth-order valence-electron chi connectivity index (χ4n) is 3.69. The lowest BCUT2D eigenvalue weighted by Gasteiger charge is -2.27. The van der Waals surface area contributed by atoms with Gasteiger partial charge in [-0.3, -0.25) is 0 Å². The average Bonchev–Trinajstić information content (AvgIpc) is 3.18. The maximum atomic E-state index is 5.85. The number of nitrogens with one attached hydrogen (secondary N) is 1. The molecule has 1 heterocycles. The molecular formula is C16H25N3O. The van der Waals surface area contributed by atoms with Crippen molar-refractivity contribution in [3.63, 3.8) is 0 Å². The molecule has 3 rings (SSSR count). The average molecular weight is 275 g/mol. The van der Waals surface area contributed by atoms with Gasteiger partial charge in [-0.15, -0.1) is 0 Å². The number of hydrogen-bond donors (Lipinski definition) is 1. The van der Waals surface area contributed by atoms with Gasteiger partial charge in [-0.1, -0.05) is 12.8 Å². The molecule has 2 aliphatic carbocycles. The lowest BCUT2D eigenvalue weighted by Crippen LogP contribution is -2.28. The maximum absolute atomic E-state index is 5.85. The van der Waals surface area contributed by atoms with Crippen molar-refractivity contribution < 1.29 is 4.74 Å². The van der Waals surface area contributed by atoms with Crippen LogP contribution in [0.3, 0.4) is 0 Å². The minimum atomic E-state index is -0.250. The molecule has 110 valence electrons. The molecule has 0 unspecified atom stereocenters. The summed E-state index contributed by atoms with van der Waals surface area (Å²) < 4.78 is 5.85. The number of ether oxygens (including phenoxy) is 1. The summed E-state index contributed by atoms with van der Waals surface area (Å²) in [5.41, 5.74) is 0.959. The highest BCUT2D eigenvalue weighted by Gasteiger charge is 2.39. The van der Waals surface area contributed by atoms with E-state index in [-0.39, 0.29) is 5.60 Å². The Hall–Kier alpha value is -1.16. The topological polar surface area (TPSA) is 47.0 Å². The lowest BCUT2D eigenvalue weighted by atomic mass is 9.99. The minimum Gasteiger partial charge on any atom is -0.373 e. The first-order valence-electron chi connectivity index (χ1n) is 7.90. The molecule has 2 fully saturated rings. The number of methoxy groups -OCH3 is 1. The SMILES string of the molecule is CNc1cc(C2CCCC2)nc(C2(OC)CCCC2)n1. The molecule has 0 saturated heterocycles. The summed E-state index contributed by atoms with van der Waals surface area (Å²) in [5.74, 6) is 2.44. The molecule has 0 amide bonds. The first kappa shape index (κ1) is 13.8. The van der Waals surface area contributed by atoms with Crippen molar-refractivity contribution in [2.24, 2.45) is 0 Å². The van der Waals surface area contributed by atoms with E-state index in [0.29, 0.717) is 5.92 Å². The maximum Gasteiger partial charge on any atom is 0.162 e. The Morgan fingerprint density at radius 3 is 2.45 bits per heavy atom. The van der Waals surface area contributed by atoms with Crippen molar-refractivity contribution >= 4 is 5.82 Å². The van der Waals surface area contributed by atoms with Crippen LogP contribution in [0, 0.1) is 0 Å². The summed E-state index contributed by atoms with van der Waals surface area (Å²) >= 11 is 0. The van der Waals surface area contributed by atoms with Crippen molar-refractivity contribution in [1.29, 1.82) is 0 Å². The molecule has 4 heteroatoms. The second-order valence-corrected chi connectivity index (χ2v) is 6.14. The Kier molecular flexibility index (Phi) is 3.92. The van der Waals surface area contributed by atoms with Gasteiger partial charge < -0.3 is 10.1 Å². The van der Waals surface area contributed by atoms with Gasteiger partial charge in [0.05, 0.1) is 0 Å². The third-order valence-electron chi connectivity index (χ3n) is 4.99. The van der Waals surface area contributed by atoms with E-state index in [9.17, 15) is 0 Å². The van der Waals surface area contributed by atoms with Crippen LogP contribution in [-0.4, -0.2) is 24.1 Å². The third-order valence-corrected chi connectivity index (χ3v) is 4.99. The summed E-state index contributed by atoms with van der Waals surface area (Å²) in [6.07, 6.45) is 9.68. The summed E-state index contributed by atoms with van der Waals surface area (Å²) in [6, 6.07) is 2.12. The van der Waals surface area contributed by atoms with E-state index in [1.807, 2.05) is 7.05 Å². The van der Waals surface area contributed by atoms with Crippen LogP contribution in [0.25, 0.3) is 0 Å². The Balaban J connectivity index is 1.99. The third kappa shape index (κ3) is 2.41. The molecule has 0 aliphatic heterocycles. The van der Waals surface area contributed by atoms with Gasteiger partial charge in [-0.25, -0.2) is 9.97 Å². The smallest absolute Gasteiger partial charge is 0.162 e. The Bertz CT molecular complexity index is 463. The van der Waals surface area contributed by atoms with Gasteiger partial charge in [0.15, 0.2) is 5.82 Å². The van der Waals surface area contributed by atoms with Crippen LogP contribution in [0.15, 0.2) is 6.07 Å². The molecule has 0 atom stereocenters. The van der Waals surface area contributed by atoms with Crippen molar-refractivity contribution in [1.82, 2.24) is 9.97 Å². The zero-order chi connectivity index (χ0) is 14.0. The van der Waals surface area contributed by atoms with E-state index in [2.05, 4.69) is 11.4 Å². The van der Waals surface area contributed by atoms with E-state index < -0.39 is 0 Å². The van der Waals surface area contributed by atoms with E-state index in [0.717, 1.165) is 24.5 Å². The first-order chi connectivity index (χ1) is 9.77. The fraction of sp³-hybridized carbons (Fsp3) is 0.750. The zero-order valence-electron chi connectivity index (χ0n) is 12.6. The Morgan fingerprint density at radius 2 is 1.85 bits per heavy atom. The molecule has 1 aromatic heterocycles. The van der Waals surface area contributed by atoms with E-state index in [1.54, 1.807) is 7.11 Å². The van der Waals surface area contributed by atoms with Crippen LogP contribution in [0.5, 0.6) is 0 Å². The molecule has 2 saturated carbocycles. The molecule has 1 N–H and O–H groups in total. The molecule has 0 aromatic carbocycles. The quantitative estimate of drug-likeness (QED) is 0.912. The van der Waals surface area contributed by atoms with Crippen LogP contribution >= 0.6 is 0 Å². The molecule has 0 spiro atoms. The lowest BCUT2D eigenvalue weighted by molar-refractivity contribution is -0.0164. The van der Waals surface area contributed by atoms with Crippen LogP contribution < -0.4 is 5.32 Å². The monoisotopic (exact) mass is 275 g/mol. The van der Waals surface area contributed by atoms with Crippen molar-refractivity contribution in [3.05, 3.63) is 17.6 Å². The fourth-order valence-corrected chi connectivity index (χ4v) is 3.69. The molecule has 1 aromatic rings. The number of nitrogens with zero attached hydrogens (tertiary/aromatic N) is 2. The van der Waals surface area contributed by atoms with E-state index in [4.69, 9.17) is 14.7 Å². The number of anilines is 1. The molecule has 2 aliphatic rings. The van der Waals surface area contributed by atoms with Gasteiger partial charge in [-0.05, 0) is 38.5 Å². The molecule has 0 bridgehead atoms. The van der Waals surface area contributed by atoms with E-state index >= 15 is 0 Å². The number of hydrogen-bond acceptors (Lipinski definition) is 4. The Labute approximate surface area is 121 Å². The van der Waals surface area contributed by atoms with Gasteiger partial charge in [0.25, 0.3) is 0 Å². The molecular weight excluding hydrogens is 250 g/mol. The Morgan fingerprint density at radius 1 is 1.15 bits per heavy atom. The predicted molar refractivity (Wildman–Crippen MR) is 79.9 cm³/mol. The largest absolute Gasteiger partial charge is 0.373 e. The van der Waals surface area contributed by atoms with Crippen molar-refractivity contribution in [2.45, 2.75) is 62.9 Å². The molecule has 20 heavy (non-hydrogen) atoms. The van der Waals surface area contributed by atoms with Crippen molar-refractivity contribution in [2.75, 3.05) is 19.5 Å². The number of rotatable bonds is 4. The number of aromatic nitrogens is 2. The van der Waals surface area contributed by atoms with E-state index in [1.165, 1.54) is 44.2 Å². The summed E-state index contributed by atoms with van der Waals surface area (Å²) in [5, 5.41) is 3.19. The van der Waals surface area contributed by atoms with Gasteiger partial charge >= 0.3 is 0 Å². The van der Waals surface area contributed by atoms with Crippen LogP contribution in [-0.2, 0) is 10.3 Å². The highest BCUT2D eigenvalue weighted by molar-refractivity contribution is 5.37. The molecule has 4 nitrogen and oxygen atoms in total. The zero-order valence-corrected chi connectivity index (χ0v) is 12.6. The van der Waals surface area contributed by atoms with Gasteiger partial charge in [0.1, 0.15) is 11.4 Å². The second-order valence-electron chi connectivity index (χ2n) is 6.14. The summed E-state index contributed by atoms with van der Waals surface area (Å²) in [7, 11) is 3.73. The first-order valence-corrected chi connectivity index (χ1v) is 7.90. The normalized spacial score (nSPS) is 22.3. The van der Waals surface area contributed by atoms with Gasteiger partial charge in [0, 0.05) is 31.8 Å². The minimum absolute atomic E-state index is 0.250. The highest BCUT2D eigenvalue weighted by atomic mass is 16.5.